The summed E-state index contributed by atoms with van der Waals surface area (Å²) in [5.41, 5.74) is 3.58. The first-order chi connectivity index (χ1) is 14.0. The van der Waals surface area contributed by atoms with E-state index in [9.17, 15) is 4.79 Å². The van der Waals surface area contributed by atoms with Crippen molar-refractivity contribution in [3.05, 3.63) is 89.9 Å². The molecule has 2 aromatic carbocycles. The van der Waals surface area contributed by atoms with E-state index in [1.807, 2.05) is 37.2 Å². The first-order valence-corrected chi connectivity index (χ1v) is 10.1. The zero-order valence-electron chi connectivity index (χ0n) is 17.5. The van der Waals surface area contributed by atoms with Crippen LogP contribution in [-0.2, 0) is 17.8 Å². The minimum atomic E-state index is 0.0968. The van der Waals surface area contributed by atoms with Crippen LogP contribution in [0.2, 0.25) is 0 Å². The van der Waals surface area contributed by atoms with Gasteiger partial charge in [0.15, 0.2) is 0 Å². The number of furan rings is 1. The monoisotopic (exact) mass is 390 g/mol. The SMILES string of the molecule is CC(=O)N(CC[C@@H](Cc1ccccc1)c1ccco1)Cc1ccc(N(C)C)cc1. The Morgan fingerprint density at radius 2 is 1.66 bits per heavy atom. The lowest BCUT2D eigenvalue weighted by Crippen LogP contribution is -2.30. The second-order valence-electron chi connectivity index (χ2n) is 7.69. The van der Waals surface area contributed by atoms with Crippen LogP contribution in [0.3, 0.4) is 0 Å². The van der Waals surface area contributed by atoms with E-state index in [-0.39, 0.29) is 11.8 Å². The third-order valence-electron chi connectivity index (χ3n) is 5.29. The minimum Gasteiger partial charge on any atom is -0.469 e. The van der Waals surface area contributed by atoms with Crippen LogP contribution in [0.4, 0.5) is 5.69 Å². The van der Waals surface area contributed by atoms with Crippen molar-refractivity contribution in [3.8, 4) is 0 Å². The number of benzene rings is 2. The molecule has 0 aliphatic carbocycles. The third-order valence-corrected chi connectivity index (χ3v) is 5.29. The average molecular weight is 391 g/mol. The molecule has 0 aliphatic heterocycles. The van der Waals surface area contributed by atoms with Gasteiger partial charge in [-0.05, 0) is 48.2 Å². The lowest BCUT2D eigenvalue weighted by molar-refractivity contribution is -0.129. The van der Waals surface area contributed by atoms with Crippen molar-refractivity contribution < 1.29 is 9.21 Å². The van der Waals surface area contributed by atoms with E-state index >= 15 is 0 Å². The molecule has 3 rings (SSSR count). The predicted octanol–water partition coefficient (Wildman–Crippen LogP) is 5.11. The molecular weight excluding hydrogens is 360 g/mol. The molecule has 4 heteroatoms. The van der Waals surface area contributed by atoms with Crippen LogP contribution < -0.4 is 4.90 Å². The summed E-state index contributed by atoms with van der Waals surface area (Å²) in [5, 5.41) is 0. The maximum absolute atomic E-state index is 12.3. The Hall–Kier alpha value is -3.01. The van der Waals surface area contributed by atoms with E-state index in [0.717, 1.165) is 29.9 Å². The number of carbonyl (C=O) groups excluding carboxylic acids is 1. The van der Waals surface area contributed by atoms with Gasteiger partial charge in [-0.3, -0.25) is 4.79 Å². The standard InChI is InChI=1S/C25H30N2O2/c1-20(28)27(19-22-11-13-24(14-12-22)26(2)3)16-15-23(25-10-7-17-29-25)18-21-8-5-4-6-9-21/h4-14,17,23H,15-16,18-19H2,1-3H3/t23-/m0/s1. The Kier molecular flexibility index (Phi) is 7.12. The predicted molar refractivity (Wildman–Crippen MR) is 118 cm³/mol. The Bertz CT molecular complexity index is 871. The highest BCUT2D eigenvalue weighted by molar-refractivity contribution is 5.73. The van der Waals surface area contributed by atoms with Gasteiger partial charge in [0.05, 0.1) is 6.26 Å². The van der Waals surface area contributed by atoms with Gasteiger partial charge in [-0.1, -0.05) is 42.5 Å². The van der Waals surface area contributed by atoms with Gasteiger partial charge in [0.1, 0.15) is 5.76 Å². The largest absolute Gasteiger partial charge is 0.469 e. The second-order valence-corrected chi connectivity index (χ2v) is 7.69. The molecule has 4 nitrogen and oxygen atoms in total. The summed E-state index contributed by atoms with van der Waals surface area (Å²) in [5.74, 6) is 1.32. The molecule has 0 saturated heterocycles. The second kappa shape index (κ2) is 9.97. The van der Waals surface area contributed by atoms with Gasteiger partial charge in [-0.25, -0.2) is 0 Å². The maximum atomic E-state index is 12.3. The van der Waals surface area contributed by atoms with Crippen LogP contribution in [-0.4, -0.2) is 31.4 Å². The van der Waals surface area contributed by atoms with Crippen molar-refractivity contribution in [1.82, 2.24) is 4.90 Å². The lowest BCUT2D eigenvalue weighted by atomic mass is 9.93. The van der Waals surface area contributed by atoms with Crippen LogP contribution in [0, 0.1) is 0 Å². The van der Waals surface area contributed by atoms with Crippen LogP contribution in [0.15, 0.2) is 77.4 Å². The molecule has 1 amide bonds. The molecule has 1 atom stereocenters. The molecule has 0 bridgehead atoms. The van der Waals surface area contributed by atoms with Gasteiger partial charge in [-0.15, -0.1) is 0 Å². The number of nitrogens with zero attached hydrogens (tertiary/aromatic N) is 2. The van der Waals surface area contributed by atoms with Gasteiger partial charge >= 0.3 is 0 Å². The van der Waals surface area contributed by atoms with Crippen molar-refractivity contribution in [1.29, 1.82) is 0 Å². The van der Waals surface area contributed by atoms with Crippen LogP contribution in [0.25, 0.3) is 0 Å². The summed E-state index contributed by atoms with van der Waals surface area (Å²) in [4.78, 5) is 16.3. The van der Waals surface area contributed by atoms with E-state index in [1.165, 1.54) is 5.56 Å². The van der Waals surface area contributed by atoms with Gasteiger partial charge < -0.3 is 14.2 Å². The lowest BCUT2D eigenvalue weighted by Gasteiger charge is -2.24. The summed E-state index contributed by atoms with van der Waals surface area (Å²) < 4.78 is 5.71. The Morgan fingerprint density at radius 1 is 0.931 bits per heavy atom. The fourth-order valence-electron chi connectivity index (χ4n) is 3.55. The highest BCUT2D eigenvalue weighted by atomic mass is 16.3. The van der Waals surface area contributed by atoms with Crippen molar-refractivity contribution >= 4 is 11.6 Å². The zero-order chi connectivity index (χ0) is 20.6. The fourth-order valence-corrected chi connectivity index (χ4v) is 3.55. The molecule has 0 unspecified atom stereocenters. The quantitative estimate of drug-likeness (QED) is 0.509. The number of hydrogen-bond donors (Lipinski definition) is 0. The van der Waals surface area contributed by atoms with Crippen LogP contribution in [0.5, 0.6) is 0 Å². The highest BCUT2D eigenvalue weighted by Gasteiger charge is 2.18. The molecule has 0 radical (unpaired) electrons. The average Bonchev–Trinajstić information content (AvgIpc) is 3.25. The molecule has 1 heterocycles. The van der Waals surface area contributed by atoms with E-state index < -0.39 is 0 Å². The Balaban J connectivity index is 1.67. The normalized spacial score (nSPS) is 11.8. The fraction of sp³-hybridized carbons (Fsp3) is 0.320. The summed E-state index contributed by atoms with van der Waals surface area (Å²) in [6.45, 7) is 2.97. The molecule has 1 aromatic heterocycles. The van der Waals surface area contributed by atoms with Gasteiger partial charge in [-0.2, -0.15) is 0 Å². The van der Waals surface area contributed by atoms with Gasteiger partial charge in [0, 0.05) is 45.7 Å². The van der Waals surface area contributed by atoms with Crippen molar-refractivity contribution in [3.63, 3.8) is 0 Å². The molecule has 152 valence electrons. The molecule has 0 aliphatic rings. The number of rotatable bonds is 9. The molecule has 0 N–H and O–H groups in total. The number of carbonyl (C=O) groups is 1. The van der Waals surface area contributed by atoms with E-state index in [0.29, 0.717) is 13.1 Å². The molecule has 0 spiro atoms. The van der Waals surface area contributed by atoms with Gasteiger partial charge in [0.25, 0.3) is 0 Å². The van der Waals surface area contributed by atoms with Crippen molar-refractivity contribution in [2.24, 2.45) is 0 Å². The summed E-state index contributed by atoms with van der Waals surface area (Å²) in [7, 11) is 4.05. The number of hydrogen-bond acceptors (Lipinski definition) is 3. The van der Waals surface area contributed by atoms with Crippen LogP contribution in [0.1, 0.15) is 36.1 Å². The summed E-state index contributed by atoms with van der Waals surface area (Å²) >= 11 is 0. The number of anilines is 1. The molecule has 0 fully saturated rings. The zero-order valence-corrected chi connectivity index (χ0v) is 17.5. The Morgan fingerprint density at radius 3 is 2.24 bits per heavy atom. The van der Waals surface area contributed by atoms with E-state index in [1.54, 1.807) is 13.2 Å². The molecule has 29 heavy (non-hydrogen) atoms. The van der Waals surface area contributed by atoms with Crippen molar-refractivity contribution in [2.45, 2.75) is 32.2 Å². The number of amides is 1. The van der Waals surface area contributed by atoms with Gasteiger partial charge in [0.2, 0.25) is 5.91 Å². The molecular formula is C25H30N2O2. The summed E-state index contributed by atoms with van der Waals surface area (Å²) in [6, 6.07) is 22.8. The topological polar surface area (TPSA) is 36.7 Å². The van der Waals surface area contributed by atoms with Crippen LogP contribution >= 0.6 is 0 Å². The third kappa shape index (κ3) is 5.98. The molecule has 0 saturated carbocycles. The smallest absolute Gasteiger partial charge is 0.219 e. The first kappa shape index (κ1) is 20.7. The molecule has 3 aromatic rings. The minimum absolute atomic E-state index is 0.0968. The highest BCUT2D eigenvalue weighted by Crippen LogP contribution is 2.26. The van der Waals surface area contributed by atoms with E-state index in [4.69, 9.17) is 4.42 Å². The maximum Gasteiger partial charge on any atom is 0.219 e. The summed E-state index contributed by atoms with van der Waals surface area (Å²) in [6.07, 6.45) is 3.48. The first-order valence-electron chi connectivity index (χ1n) is 10.1. The van der Waals surface area contributed by atoms with E-state index in [2.05, 4.69) is 53.4 Å². The Labute approximate surface area is 173 Å². The van der Waals surface area contributed by atoms with Crippen molar-refractivity contribution in [2.75, 3.05) is 25.5 Å².